The molecular weight excluding hydrogens is 248 g/mol. The van der Waals surface area contributed by atoms with E-state index in [1.165, 1.54) is 11.3 Å². The average Bonchev–Trinajstić information content (AvgIpc) is 2.82. The molecule has 0 aliphatic carbocycles. The molecule has 0 radical (unpaired) electrons. The molecule has 0 unspecified atom stereocenters. The molecule has 2 aromatic heterocycles. The van der Waals surface area contributed by atoms with Crippen LogP contribution in [0.2, 0.25) is 5.15 Å². The van der Waals surface area contributed by atoms with Crippen molar-refractivity contribution in [2.24, 2.45) is 0 Å². The van der Waals surface area contributed by atoms with Gasteiger partial charge in [-0.25, -0.2) is 4.98 Å². The van der Waals surface area contributed by atoms with E-state index in [9.17, 15) is 0 Å². The number of nitrogens with two attached hydrogens (primary N) is 1. The van der Waals surface area contributed by atoms with Gasteiger partial charge in [0.25, 0.3) is 0 Å². The zero-order valence-corrected chi connectivity index (χ0v) is 9.56. The lowest BCUT2D eigenvalue weighted by atomic mass is 10.3. The second kappa shape index (κ2) is 4.38. The third kappa shape index (κ3) is 2.08. The first-order chi connectivity index (χ1) is 7.70. The first-order valence-electron chi connectivity index (χ1n) is 4.28. The molecule has 0 aromatic carbocycles. The minimum Gasteiger partial charge on any atom is -0.384 e. The molecule has 2 aromatic rings. The smallest absolute Gasteiger partial charge is 0.185 e. The predicted molar refractivity (Wildman–Crippen MR) is 62.2 cm³/mol. The van der Waals surface area contributed by atoms with E-state index in [2.05, 4.69) is 20.5 Å². The number of nitrogens with one attached hydrogen (secondary N) is 2. The van der Waals surface area contributed by atoms with Gasteiger partial charge in [-0.05, 0) is 0 Å². The summed E-state index contributed by atoms with van der Waals surface area (Å²) in [6.07, 6.45) is 1.63. The van der Waals surface area contributed by atoms with Crippen molar-refractivity contribution in [3.8, 4) is 6.07 Å². The topological polar surface area (TPSA) is 103 Å². The van der Waals surface area contributed by atoms with Gasteiger partial charge >= 0.3 is 0 Å². The molecule has 0 fully saturated rings. The van der Waals surface area contributed by atoms with Crippen LogP contribution in [-0.2, 0) is 6.54 Å². The molecule has 16 heavy (non-hydrogen) atoms. The van der Waals surface area contributed by atoms with Gasteiger partial charge in [0.1, 0.15) is 16.8 Å². The minimum absolute atomic E-state index is 0.218. The molecule has 0 aliphatic heterocycles. The fourth-order valence-electron chi connectivity index (χ4n) is 1.08. The number of nitrogens with zero attached hydrogens (tertiary/aromatic N) is 3. The summed E-state index contributed by atoms with van der Waals surface area (Å²) in [4.78, 5) is 4.38. The van der Waals surface area contributed by atoms with Gasteiger partial charge in [-0.1, -0.05) is 22.9 Å². The number of aromatic amines is 1. The number of aromatic nitrogens is 3. The lowest BCUT2D eigenvalue weighted by molar-refractivity contribution is 1.10. The van der Waals surface area contributed by atoms with Crippen molar-refractivity contribution >= 4 is 33.9 Å². The lowest BCUT2D eigenvalue weighted by Crippen LogP contribution is -2.00. The fraction of sp³-hybridized carbons (Fsp3) is 0.125. The van der Waals surface area contributed by atoms with Crippen LogP contribution in [0.15, 0.2) is 6.20 Å². The Kier molecular flexibility index (Phi) is 2.94. The largest absolute Gasteiger partial charge is 0.384 e. The lowest BCUT2D eigenvalue weighted by Gasteiger charge is -1.99. The van der Waals surface area contributed by atoms with Crippen molar-refractivity contribution in [3.63, 3.8) is 0 Å². The van der Waals surface area contributed by atoms with Crippen LogP contribution in [0.4, 0.5) is 10.9 Å². The average molecular weight is 255 g/mol. The van der Waals surface area contributed by atoms with Crippen molar-refractivity contribution in [2.75, 3.05) is 11.1 Å². The number of rotatable bonds is 3. The number of hydrogen-bond acceptors (Lipinski definition) is 6. The maximum atomic E-state index is 8.70. The summed E-state index contributed by atoms with van der Waals surface area (Å²) in [6.45, 7) is 0.483. The van der Waals surface area contributed by atoms with Crippen molar-refractivity contribution in [1.29, 1.82) is 5.26 Å². The molecule has 0 saturated heterocycles. The molecule has 0 amide bonds. The number of thiazole rings is 1. The van der Waals surface area contributed by atoms with Crippen molar-refractivity contribution in [1.82, 2.24) is 15.2 Å². The van der Waals surface area contributed by atoms with Crippen LogP contribution in [0.1, 0.15) is 10.4 Å². The maximum absolute atomic E-state index is 8.70. The van der Waals surface area contributed by atoms with Crippen LogP contribution in [0, 0.1) is 11.3 Å². The van der Waals surface area contributed by atoms with Gasteiger partial charge in [0.05, 0.1) is 6.20 Å². The molecule has 4 N–H and O–H groups in total. The van der Waals surface area contributed by atoms with Gasteiger partial charge in [0, 0.05) is 12.1 Å². The Labute approximate surface area is 100 Å². The summed E-state index contributed by atoms with van der Waals surface area (Å²) in [7, 11) is 0. The summed E-state index contributed by atoms with van der Waals surface area (Å²) in [6, 6.07) is 1.96. The van der Waals surface area contributed by atoms with E-state index in [1.54, 1.807) is 6.20 Å². The predicted octanol–water partition coefficient (Wildman–Crippen LogP) is 1.59. The van der Waals surface area contributed by atoms with Crippen LogP contribution >= 0.6 is 22.9 Å². The van der Waals surface area contributed by atoms with E-state index in [-0.39, 0.29) is 5.15 Å². The Bertz CT molecular complexity index is 539. The standard InChI is InChI=1S/C8H7ClN6S/c9-6-5(1-10)16-8(14-6)12-2-4-3-13-15-7(4)11/h3H,2H2,(H,12,14)(H3,11,13,15). The van der Waals surface area contributed by atoms with Gasteiger partial charge in [-0.15, -0.1) is 0 Å². The van der Waals surface area contributed by atoms with Crippen LogP contribution in [0.5, 0.6) is 0 Å². The van der Waals surface area contributed by atoms with E-state index in [0.717, 1.165) is 5.56 Å². The number of nitriles is 1. The van der Waals surface area contributed by atoms with E-state index >= 15 is 0 Å². The van der Waals surface area contributed by atoms with Crippen molar-refractivity contribution in [2.45, 2.75) is 6.54 Å². The number of anilines is 2. The zero-order chi connectivity index (χ0) is 11.5. The molecule has 2 heterocycles. The molecular formula is C8H7ClN6S. The van der Waals surface area contributed by atoms with Crippen molar-refractivity contribution < 1.29 is 0 Å². The SMILES string of the molecule is N#Cc1sc(NCc2cn[nH]c2N)nc1Cl. The van der Waals surface area contributed by atoms with Gasteiger partial charge in [0.2, 0.25) is 0 Å². The molecule has 0 aliphatic rings. The molecule has 0 bridgehead atoms. The second-order valence-corrected chi connectivity index (χ2v) is 4.27. The second-order valence-electron chi connectivity index (χ2n) is 2.91. The Morgan fingerprint density at radius 1 is 1.69 bits per heavy atom. The first-order valence-corrected chi connectivity index (χ1v) is 5.48. The molecule has 0 saturated carbocycles. The van der Waals surface area contributed by atoms with Gasteiger partial charge in [-0.2, -0.15) is 10.4 Å². The number of halogens is 1. The number of H-pyrrole nitrogens is 1. The summed E-state index contributed by atoms with van der Waals surface area (Å²) in [5.74, 6) is 0.510. The Morgan fingerprint density at radius 2 is 2.50 bits per heavy atom. The maximum Gasteiger partial charge on any atom is 0.185 e. The molecule has 0 atom stereocenters. The monoisotopic (exact) mass is 254 g/mol. The molecule has 82 valence electrons. The third-order valence-corrected chi connectivity index (χ3v) is 3.17. The fourth-order valence-corrected chi connectivity index (χ4v) is 2.02. The number of hydrogen-bond donors (Lipinski definition) is 3. The summed E-state index contributed by atoms with van der Waals surface area (Å²) < 4.78 is 0. The molecule has 2 rings (SSSR count). The number of nitrogen functional groups attached to an aromatic ring is 1. The third-order valence-electron chi connectivity index (χ3n) is 1.87. The van der Waals surface area contributed by atoms with Gasteiger partial charge in [0.15, 0.2) is 10.3 Å². The quantitative estimate of drug-likeness (QED) is 0.772. The Balaban J connectivity index is 2.06. The minimum atomic E-state index is 0.218. The zero-order valence-electron chi connectivity index (χ0n) is 7.99. The van der Waals surface area contributed by atoms with Crippen LogP contribution in [-0.4, -0.2) is 15.2 Å². The van der Waals surface area contributed by atoms with E-state index < -0.39 is 0 Å². The van der Waals surface area contributed by atoms with Gasteiger partial charge < -0.3 is 11.1 Å². The molecule has 0 spiro atoms. The van der Waals surface area contributed by atoms with E-state index in [1.807, 2.05) is 6.07 Å². The highest BCUT2D eigenvalue weighted by Crippen LogP contribution is 2.26. The summed E-state index contributed by atoms with van der Waals surface area (Å²) >= 11 is 6.93. The van der Waals surface area contributed by atoms with Crippen molar-refractivity contribution in [3.05, 3.63) is 21.8 Å². The summed E-state index contributed by atoms with van der Waals surface area (Å²) in [5.41, 5.74) is 6.45. The normalized spacial score (nSPS) is 10.0. The van der Waals surface area contributed by atoms with E-state index in [4.69, 9.17) is 22.6 Å². The Morgan fingerprint density at radius 3 is 3.06 bits per heavy atom. The highest BCUT2D eigenvalue weighted by atomic mass is 35.5. The highest BCUT2D eigenvalue weighted by Gasteiger charge is 2.09. The van der Waals surface area contributed by atoms with Crippen LogP contribution in [0.3, 0.4) is 0 Å². The van der Waals surface area contributed by atoms with Crippen LogP contribution < -0.4 is 11.1 Å². The van der Waals surface area contributed by atoms with Gasteiger partial charge in [-0.3, -0.25) is 5.10 Å². The van der Waals surface area contributed by atoms with E-state index in [0.29, 0.717) is 22.4 Å². The first kappa shape index (κ1) is 10.7. The molecule has 6 nitrogen and oxygen atoms in total. The Hall–Kier alpha value is -1.78. The summed E-state index contributed by atoms with van der Waals surface area (Å²) in [5, 5.41) is 18.9. The highest BCUT2D eigenvalue weighted by molar-refractivity contribution is 7.16. The van der Waals surface area contributed by atoms with Crippen LogP contribution in [0.25, 0.3) is 0 Å². The molecule has 8 heteroatoms.